The van der Waals surface area contributed by atoms with E-state index in [0.29, 0.717) is 23.6 Å². The molecule has 1 aromatic rings. The number of benzene rings is 1. The van der Waals surface area contributed by atoms with Crippen molar-refractivity contribution in [3.63, 3.8) is 0 Å². The third kappa shape index (κ3) is 5.44. The predicted molar refractivity (Wildman–Crippen MR) is 101 cm³/mol. The summed E-state index contributed by atoms with van der Waals surface area (Å²) < 4.78 is 5.85. The molecule has 0 spiro atoms. The van der Waals surface area contributed by atoms with E-state index in [1.54, 1.807) is 18.2 Å². The van der Waals surface area contributed by atoms with Crippen molar-refractivity contribution in [2.75, 3.05) is 39.3 Å². The van der Waals surface area contributed by atoms with E-state index in [1.807, 2.05) is 6.92 Å². The molecule has 0 aromatic heterocycles. The highest BCUT2D eigenvalue weighted by molar-refractivity contribution is 5.88. The van der Waals surface area contributed by atoms with Crippen molar-refractivity contribution in [2.45, 2.75) is 40.7 Å². The molecule has 0 bridgehead atoms. The van der Waals surface area contributed by atoms with Gasteiger partial charge in [-0.2, -0.15) is 0 Å². The van der Waals surface area contributed by atoms with Gasteiger partial charge < -0.3 is 9.84 Å². The summed E-state index contributed by atoms with van der Waals surface area (Å²) in [6.07, 6.45) is 0. The van der Waals surface area contributed by atoms with Crippen molar-refractivity contribution in [3.05, 3.63) is 29.3 Å². The van der Waals surface area contributed by atoms with Gasteiger partial charge in [0, 0.05) is 38.8 Å². The molecule has 140 valence electrons. The summed E-state index contributed by atoms with van der Waals surface area (Å²) in [5.74, 6) is -0.137. The van der Waals surface area contributed by atoms with Crippen LogP contribution in [0.2, 0.25) is 0 Å². The monoisotopic (exact) mass is 348 g/mol. The Hall–Kier alpha value is -1.59. The highest BCUT2D eigenvalue weighted by atomic mass is 16.5. The van der Waals surface area contributed by atoms with Crippen molar-refractivity contribution in [1.82, 2.24) is 9.80 Å². The molecule has 1 heterocycles. The van der Waals surface area contributed by atoms with Gasteiger partial charge >= 0.3 is 5.97 Å². The van der Waals surface area contributed by atoms with Crippen LogP contribution in [0.4, 0.5) is 0 Å². The SMILES string of the molecule is Cc1cc(C(=O)O)ccc1OCCN1CCN(C(C)C(C)(C)C)CC1. The lowest BCUT2D eigenvalue weighted by Gasteiger charge is -2.43. The Bertz CT molecular complexity index is 587. The zero-order valence-corrected chi connectivity index (χ0v) is 16.2. The zero-order chi connectivity index (χ0) is 18.6. The van der Waals surface area contributed by atoms with E-state index in [9.17, 15) is 4.79 Å². The summed E-state index contributed by atoms with van der Waals surface area (Å²) in [6.45, 7) is 17.0. The van der Waals surface area contributed by atoms with Crippen LogP contribution in [0.5, 0.6) is 5.75 Å². The fourth-order valence-corrected chi connectivity index (χ4v) is 3.15. The second-order valence-corrected chi connectivity index (χ2v) is 8.05. The third-order valence-electron chi connectivity index (χ3n) is 5.29. The average molecular weight is 348 g/mol. The molecule has 2 rings (SSSR count). The molecule has 1 unspecified atom stereocenters. The second-order valence-electron chi connectivity index (χ2n) is 8.05. The maximum atomic E-state index is 11.0. The van der Waals surface area contributed by atoms with Gasteiger partial charge in [0.2, 0.25) is 0 Å². The molecule has 25 heavy (non-hydrogen) atoms. The van der Waals surface area contributed by atoms with E-state index in [-0.39, 0.29) is 0 Å². The molecule has 1 atom stereocenters. The molecule has 0 radical (unpaired) electrons. The van der Waals surface area contributed by atoms with Gasteiger partial charge in [-0.25, -0.2) is 4.79 Å². The Labute approximate surface area is 151 Å². The first-order valence-corrected chi connectivity index (χ1v) is 9.11. The summed E-state index contributed by atoms with van der Waals surface area (Å²) in [5, 5.41) is 9.01. The number of carbonyl (C=O) groups is 1. The minimum absolute atomic E-state index is 0.300. The van der Waals surface area contributed by atoms with Crippen LogP contribution in [0.1, 0.15) is 43.6 Å². The van der Waals surface area contributed by atoms with E-state index in [0.717, 1.165) is 44.0 Å². The second kappa shape index (κ2) is 8.19. The number of aromatic carboxylic acids is 1. The van der Waals surface area contributed by atoms with E-state index < -0.39 is 5.97 Å². The number of nitrogens with zero attached hydrogens (tertiary/aromatic N) is 2. The summed E-state index contributed by atoms with van der Waals surface area (Å²) >= 11 is 0. The van der Waals surface area contributed by atoms with Crippen LogP contribution < -0.4 is 4.74 Å². The maximum absolute atomic E-state index is 11.0. The number of aryl methyl sites for hydroxylation is 1. The van der Waals surface area contributed by atoms with Gasteiger partial charge in [0.15, 0.2) is 0 Å². The molecule has 1 saturated heterocycles. The zero-order valence-electron chi connectivity index (χ0n) is 16.2. The van der Waals surface area contributed by atoms with Gasteiger partial charge in [-0.1, -0.05) is 20.8 Å². The van der Waals surface area contributed by atoms with Crippen molar-refractivity contribution >= 4 is 5.97 Å². The van der Waals surface area contributed by atoms with Crippen molar-refractivity contribution < 1.29 is 14.6 Å². The summed E-state index contributed by atoms with van der Waals surface area (Å²) in [5.41, 5.74) is 1.47. The molecule has 1 aromatic carbocycles. The van der Waals surface area contributed by atoms with E-state index >= 15 is 0 Å². The molecule has 0 saturated carbocycles. The first-order chi connectivity index (χ1) is 11.7. The molecule has 5 heteroatoms. The van der Waals surface area contributed by atoms with Gasteiger partial charge in [-0.15, -0.1) is 0 Å². The van der Waals surface area contributed by atoms with Crippen LogP contribution in [0.3, 0.4) is 0 Å². The third-order valence-corrected chi connectivity index (χ3v) is 5.29. The number of hydrogen-bond acceptors (Lipinski definition) is 4. The Morgan fingerprint density at radius 1 is 1.24 bits per heavy atom. The van der Waals surface area contributed by atoms with Crippen LogP contribution in [0.25, 0.3) is 0 Å². The van der Waals surface area contributed by atoms with Gasteiger partial charge in [-0.05, 0) is 43.0 Å². The number of ether oxygens (including phenoxy) is 1. The van der Waals surface area contributed by atoms with Gasteiger partial charge in [0.05, 0.1) is 5.56 Å². The van der Waals surface area contributed by atoms with Crippen LogP contribution >= 0.6 is 0 Å². The van der Waals surface area contributed by atoms with Crippen LogP contribution in [0, 0.1) is 12.3 Å². The molecule has 1 N–H and O–H groups in total. The average Bonchev–Trinajstić information content (AvgIpc) is 2.55. The minimum Gasteiger partial charge on any atom is -0.492 e. The lowest BCUT2D eigenvalue weighted by Crippen LogP contribution is -2.53. The number of rotatable bonds is 6. The molecular formula is C20H32N2O3. The molecule has 1 fully saturated rings. The highest BCUT2D eigenvalue weighted by Crippen LogP contribution is 2.25. The molecule has 1 aliphatic heterocycles. The lowest BCUT2D eigenvalue weighted by atomic mass is 9.86. The van der Waals surface area contributed by atoms with Crippen LogP contribution in [0.15, 0.2) is 18.2 Å². The first kappa shape index (κ1) is 19.7. The van der Waals surface area contributed by atoms with E-state index in [1.165, 1.54) is 0 Å². The Kier molecular flexibility index (Phi) is 6.47. The topological polar surface area (TPSA) is 53.0 Å². The molecule has 0 aliphatic carbocycles. The minimum atomic E-state index is -0.906. The van der Waals surface area contributed by atoms with Gasteiger partial charge in [0.25, 0.3) is 0 Å². The Morgan fingerprint density at radius 2 is 1.88 bits per heavy atom. The largest absolute Gasteiger partial charge is 0.492 e. The number of carboxylic acids is 1. The number of carboxylic acid groups (broad SMARTS) is 1. The molecule has 0 amide bonds. The molecule has 5 nitrogen and oxygen atoms in total. The first-order valence-electron chi connectivity index (χ1n) is 9.11. The predicted octanol–water partition coefficient (Wildman–Crippen LogP) is 3.12. The van der Waals surface area contributed by atoms with Gasteiger partial charge in [0.1, 0.15) is 12.4 Å². The summed E-state index contributed by atoms with van der Waals surface area (Å²) in [7, 11) is 0. The fourth-order valence-electron chi connectivity index (χ4n) is 3.15. The van der Waals surface area contributed by atoms with Crippen molar-refractivity contribution in [1.29, 1.82) is 0 Å². The highest BCUT2D eigenvalue weighted by Gasteiger charge is 2.28. The quantitative estimate of drug-likeness (QED) is 0.856. The number of piperazine rings is 1. The normalized spacial score (nSPS) is 18.1. The van der Waals surface area contributed by atoms with Crippen LogP contribution in [-0.2, 0) is 0 Å². The molecule has 1 aliphatic rings. The standard InChI is InChI=1S/C20H32N2O3/c1-15-14-17(19(23)24)6-7-18(15)25-13-12-21-8-10-22(11-9-21)16(2)20(3,4)5/h6-7,14,16H,8-13H2,1-5H3,(H,23,24). The van der Waals surface area contributed by atoms with Crippen molar-refractivity contribution in [2.24, 2.45) is 5.41 Å². The Morgan fingerprint density at radius 3 is 2.40 bits per heavy atom. The summed E-state index contributed by atoms with van der Waals surface area (Å²) in [6, 6.07) is 5.59. The van der Waals surface area contributed by atoms with Crippen molar-refractivity contribution in [3.8, 4) is 5.75 Å². The van der Waals surface area contributed by atoms with E-state index in [2.05, 4.69) is 37.5 Å². The number of hydrogen-bond donors (Lipinski definition) is 1. The van der Waals surface area contributed by atoms with Gasteiger partial charge in [-0.3, -0.25) is 9.80 Å². The molecular weight excluding hydrogens is 316 g/mol. The smallest absolute Gasteiger partial charge is 0.335 e. The lowest BCUT2D eigenvalue weighted by molar-refractivity contribution is 0.0500. The maximum Gasteiger partial charge on any atom is 0.335 e. The van der Waals surface area contributed by atoms with Crippen LogP contribution in [-0.4, -0.2) is 66.2 Å². The Balaban J connectivity index is 1.76. The summed E-state index contributed by atoms with van der Waals surface area (Å²) in [4.78, 5) is 16.0. The van der Waals surface area contributed by atoms with E-state index in [4.69, 9.17) is 9.84 Å². The fraction of sp³-hybridized carbons (Fsp3) is 0.650.